The fourth-order valence-electron chi connectivity index (χ4n) is 2.22. The molecule has 120 valence electrons. The molecule has 3 rings (SSSR count). The molecular formula is C15H9F3N6. The van der Waals surface area contributed by atoms with E-state index in [0.717, 1.165) is 12.3 Å². The SMILES string of the molecule is Cc1cc(-c2nn[nH]c2C#N)ccc1-c1nccc(C(F)(F)F)n1. The summed E-state index contributed by atoms with van der Waals surface area (Å²) in [5.41, 5.74) is 1.31. The molecule has 1 N–H and O–H groups in total. The second-order valence-electron chi connectivity index (χ2n) is 4.94. The molecule has 0 aliphatic carbocycles. The van der Waals surface area contributed by atoms with Crippen LogP contribution >= 0.6 is 0 Å². The van der Waals surface area contributed by atoms with Crippen molar-refractivity contribution < 1.29 is 13.2 Å². The summed E-state index contributed by atoms with van der Waals surface area (Å²) in [6.45, 7) is 1.72. The molecule has 0 saturated heterocycles. The van der Waals surface area contributed by atoms with Crippen LogP contribution in [0.5, 0.6) is 0 Å². The highest BCUT2D eigenvalue weighted by molar-refractivity contribution is 5.70. The lowest BCUT2D eigenvalue weighted by atomic mass is 10.0. The third-order valence-corrected chi connectivity index (χ3v) is 3.35. The normalized spacial score (nSPS) is 11.3. The van der Waals surface area contributed by atoms with Gasteiger partial charge in [0.2, 0.25) is 0 Å². The van der Waals surface area contributed by atoms with Crippen LogP contribution in [-0.2, 0) is 6.18 Å². The number of H-pyrrole nitrogens is 1. The van der Waals surface area contributed by atoms with E-state index in [4.69, 9.17) is 5.26 Å². The molecule has 0 spiro atoms. The number of hydrogen-bond donors (Lipinski definition) is 1. The Morgan fingerprint density at radius 2 is 2.00 bits per heavy atom. The quantitative estimate of drug-likeness (QED) is 0.779. The standard InChI is InChI=1S/C15H9F3N6/c1-8-6-9(13-11(7-19)22-24-23-13)2-3-10(8)14-20-5-4-12(21-14)15(16,17)18/h2-6H,1H3,(H,22,23,24). The largest absolute Gasteiger partial charge is 0.433 e. The van der Waals surface area contributed by atoms with Crippen LogP contribution in [0.1, 0.15) is 17.0 Å². The molecule has 2 aromatic heterocycles. The Hall–Kier alpha value is -3.28. The second-order valence-corrected chi connectivity index (χ2v) is 4.94. The molecule has 0 atom stereocenters. The minimum absolute atomic E-state index is 0.0189. The van der Waals surface area contributed by atoms with Crippen molar-refractivity contribution >= 4 is 0 Å². The van der Waals surface area contributed by atoms with E-state index in [0.29, 0.717) is 22.4 Å². The number of halogens is 3. The van der Waals surface area contributed by atoms with Gasteiger partial charge in [0, 0.05) is 17.3 Å². The van der Waals surface area contributed by atoms with Crippen LogP contribution in [0.15, 0.2) is 30.5 Å². The minimum Gasteiger partial charge on any atom is -0.247 e. The summed E-state index contributed by atoms with van der Waals surface area (Å²) in [5.74, 6) is -0.0189. The number of aromatic nitrogens is 5. The van der Waals surface area contributed by atoms with Crippen LogP contribution < -0.4 is 0 Å². The first-order valence-corrected chi connectivity index (χ1v) is 6.73. The maximum atomic E-state index is 12.8. The van der Waals surface area contributed by atoms with Gasteiger partial charge in [0.25, 0.3) is 0 Å². The van der Waals surface area contributed by atoms with Crippen molar-refractivity contribution in [3.63, 3.8) is 0 Å². The summed E-state index contributed by atoms with van der Waals surface area (Å²) in [6.07, 6.45) is -3.46. The Morgan fingerprint density at radius 1 is 1.21 bits per heavy atom. The van der Waals surface area contributed by atoms with Crippen LogP contribution in [-0.4, -0.2) is 25.4 Å². The van der Waals surface area contributed by atoms with Crippen molar-refractivity contribution in [2.75, 3.05) is 0 Å². The van der Waals surface area contributed by atoms with Crippen molar-refractivity contribution in [3.8, 4) is 28.7 Å². The number of benzene rings is 1. The summed E-state index contributed by atoms with van der Waals surface area (Å²) in [4.78, 5) is 7.49. The van der Waals surface area contributed by atoms with E-state index < -0.39 is 11.9 Å². The van der Waals surface area contributed by atoms with E-state index in [1.54, 1.807) is 25.1 Å². The van der Waals surface area contributed by atoms with Crippen molar-refractivity contribution in [1.82, 2.24) is 25.4 Å². The lowest BCUT2D eigenvalue weighted by molar-refractivity contribution is -0.141. The molecule has 0 amide bonds. The van der Waals surface area contributed by atoms with Gasteiger partial charge in [-0.05, 0) is 24.6 Å². The molecule has 0 unspecified atom stereocenters. The molecule has 24 heavy (non-hydrogen) atoms. The van der Waals surface area contributed by atoms with Gasteiger partial charge < -0.3 is 0 Å². The molecule has 0 saturated carbocycles. The lowest BCUT2D eigenvalue weighted by Gasteiger charge is -2.09. The van der Waals surface area contributed by atoms with Crippen LogP contribution in [0, 0.1) is 18.3 Å². The highest BCUT2D eigenvalue weighted by atomic mass is 19.4. The van der Waals surface area contributed by atoms with Gasteiger partial charge in [-0.2, -0.15) is 18.4 Å². The number of nitrogens with zero attached hydrogens (tertiary/aromatic N) is 5. The maximum absolute atomic E-state index is 12.8. The molecule has 6 nitrogen and oxygen atoms in total. The Balaban J connectivity index is 2.04. The zero-order valence-corrected chi connectivity index (χ0v) is 12.3. The highest BCUT2D eigenvalue weighted by Gasteiger charge is 2.32. The van der Waals surface area contributed by atoms with Crippen molar-refractivity contribution in [2.45, 2.75) is 13.1 Å². The van der Waals surface area contributed by atoms with Gasteiger partial charge in [0.05, 0.1) is 0 Å². The number of nitriles is 1. The van der Waals surface area contributed by atoms with E-state index in [9.17, 15) is 13.2 Å². The van der Waals surface area contributed by atoms with Gasteiger partial charge >= 0.3 is 6.18 Å². The molecule has 0 bridgehead atoms. The topological polar surface area (TPSA) is 91.1 Å². The molecular weight excluding hydrogens is 321 g/mol. The second kappa shape index (κ2) is 5.73. The summed E-state index contributed by atoms with van der Waals surface area (Å²) in [5, 5.41) is 18.9. The highest BCUT2D eigenvalue weighted by Crippen LogP contribution is 2.30. The predicted molar refractivity (Wildman–Crippen MR) is 77.3 cm³/mol. The number of aromatic amines is 1. The zero-order chi connectivity index (χ0) is 17.3. The summed E-state index contributed by atoms with van der Waals surface area (Å²) < 4.78 is 38.3. The van der Waals surface area contributed by atoms with Crippen LogP contribution in [0.2, 0.25) is 0 Å². The van der Waals surface area contributed by atoms with Gasteiger partial charge in [0.15, 0.2) is 11.5 Å². The fraction of sp³-hybridized carbons (Fsp3) is 0.133. The van der Waals surface area contributed by atoms with Crippen molar-refractivity contribution in [2.24, 2.45) is 0 Å². The van der Waals surface area contributed by atoms with Crippen LogP contribution in [0.4, 0.5) is 13.2 Å². The Bertz CT molecular complexity index is 939. The zero-order valence-electron chi connectivity index (χ0n) is 12.3. The van der Waals surface area contributed by atoms with E-state index in [2.05, 4.69) is 25.4 Å². The van der Waals surface area contributed by atoms with E-state index in [1.807, 2.05) is 6.07 Å². The van der Waals surface area contributed by atoms with Gasteiger partial charge in [-0.3, -0.25) is 0 Å². The lowest BCUT2D eigenvalue weighted by Crippen LogP contribution is -2.09. The number of alkyl halides is 3. The van der Waals surface area contributed by atoms with Gasteiger partial charge in [-0.15, -0.1) is 5.10 Å². The summed E-state index contributed by atoms with van der Waals surface area (Å²) in [6, 6.07) is 7.67. The molecule has 1 aromatic carbocycles. The van der Waals surface area contributed by atoms with Gasteiger partial charge in [-0.1, -0.05) is 17.3 Å². The average Bonchev–Trinajstić information content (AvgIpc) is 3.02. The minimum atomic E-state index is -4.53. The molecule has 0 aliphatic heterocycles. The molecule has 0 fully saturated rings. The third-order valence-electron chi connectivity index (χ3n) is 3.35. The summed E-state index contributed by atoms with van der Waals surface area (Å²) >= 11 is 0. The van der Waals surface area contributed by atoms with E-state index in [1.165, 1.54) is 0 Å². The number of hydrogen-bond acceptors (Lipinski definition) is 5. The van der Waals surface area contributed by atoms with Crippen molar-refractivity contribution in [3.05, 3.63) is 47.4 Å². The molecule has 0 aliphatic rings. The van der Waals surface area contributed by atoms with Gasteiger partial charge in [0.1, 0.15) is 17.5 Å². The monoisotopic (exact) mass is 330 g/mol. The number of nitrogens with one attached hydrogen (secondary N) is 1. The van der Waals surface area contributed by atoms with Crippen molar-refractivity contribution in [1.29, 1.82) is 5.26 Å². The number of rotatable bonds is 2. The third kappa shape index (κ3) is 2.81. The van der Waals surface area contributed by atoms with E-state index in [-0.39, 0.29) is 11.5 Å². The maximum Gasteiger partial charge on any atom is 0.433 e. The van der Waals surface area contributed by atoms with Crippen LogP contribution in [0.3, 0.4) is 0 Å². The summed E-state index contributed by atoms with van der Waals surface area (Å²) in [7, 11) is 0. The smallest absolute Gasteiger partial charge is 0.247 e. The molecule has 9 heteroatoms. The number of aryl methyl sites for hydroxylation is 1. The first-order chi connectivity index (χ1) is 11.4. The molecule has 3 aromatic rings. The Morgan fingerprint density at radius 3 is 2.67 bits per heavy atom. The fourth-order valence-corrected chi connectivity index (χ4v) is 2.22. The van der Waals surface area contributed by atoms with Gasteiger partial charge in [-0.25, -0.2) is 15.1 Å². The average molecular weight is 330 g/mol. The van der Waals surface area contributed by atoms with E-state index >= 15 is 0 Å². The van der Waals surface area contributed by atoms with Crippen LogP contribution in [0.25, 0.3) is 22.6 Å². The first kappa shape index (κ1) is 15.6. The first-order valence-electron chi connectivity index (χ1n) is 6.73. The molecule has 2 heterocycles. The molecule has 0 radical (unpaired) electrons. The Labute approximate surface area is 134 Å². The predicted octanol–water partition coefficient (Wildman–Crippen LogP) is 3.13. The Kier molecular flexibility index (Phi) is 3.73.